The largest absolute Gasteiger partial charge is 0.479 e. The molecular formula is C12H13BrO5. The van der Waals surface area contributed by atoms with E-state index in [-0.39, 0.29) is 29.9 Å². The van der Waals surface area contributed by atoms with Crippen molar-refractivity contribution in [1.82, 2.24) is 0 Å². The number of carboxylic acid groups (broad SMARTS) is 1. The second kappa shape index (κ2) is 6.63. The SMILES string of the molecule is O=C(CCBr)c1cc(CO)cc(C(O)C(=O)O)c1. The number of rotatable bonds is 6. The van der Waals surface area contributed by atoms with Crippen LogP contribution in [0.4, 0.5) is 0 Å². The van der Waals surface area contributed by atoms with Crippen LogP contribution in [0.2, 0.25) is 0 Å². The molecule has 0 aliphatic rings. The maximum atomic E-state index is 11.7. The minimum Gasteiger partial charge on any atom is -0.479 e. The lowest BCUT2D eigenvalue weighted by molar-refractivity contribution is -0.146. The molecule has 98 valence electrons. The summed E-state index contributed by atoms with van der Waals surface area (Å²) in [6.45, 7) is -0.325. The molecule has 0 radical (unpaired) electrons. The highest BCUT2D eigenvalue weighted by Gasteiger charge is 2.18. The van der Waals surface area contributed by atoms with E-state index in [1.165, 1.54) is 18.2 Å². The Morgan fingerprint density at radius 1 is 1.28 bits per heavy atom. The number of hydrogen-bond acceptors (Lipinski definition) is 4. The zero-order valence-corrected chi connectivity index (χ0v) is 11.1. The topological polar surface area (TPSA) is 94.8 Å². The number of aliphatic hydroxyl groups excluding tert-OH is 2. The lowest BCUT2D eigenvalue weighted by atomic mass is 9.99. The quantitative estimate of drug-likeness (QED) is 0.542. The summed E-state index contributed by atoms with van der Waals surface area (Å²) in [5, 5.41) is 27.7. The van der Waals surface area contributed by atoms with Gasteiger partial charge in [-0.3, -0.25) is 4.79 Å². The van der Waals surface area contributed by atoms with Crippen LogP contribution in [0, 0.1) is 0 Å². The van der Waals surface area contributed by atoms with Gasteiger partial charge in [0.05, 0.1) is 6.61 Å². The summed E-state index contributed by atoms with van der Waals surface area (Å²) >= 11 is 3.14. The third kappa shape index (κ3) is 3.63. The van der Waals surface area contributed by atoms with Gasteiger partial charge in [0.2, 0.25) is 0 Å². The Morgan fingerprint density at radius 2 is 1.94 bits per heavy atom. The van der Waals surface area contributed by atoms with E-state index in [4.69, 9.17) is 10.2 Å². The summed E-state index contributed by atoms with van der Waals surface area (Å²) in [4.78, 5) is 22.4. The maximum Gasteiger partial charge on any atom is 0.337 e. The first kappa shape index (κ1) is 14.8. The highest BCUT2D eigenvalue weighted by atomic mass is 79.9. The van der Waals surface area contributed by atoms with Crippen LogP contribution in [-0.2, 0) is 11.4 Å². The van der Waals surface area contributed by atoms with Crippen molar-refractivity contribution in [3.8, 4) is 0 Å². The van der Waals surface area contributed by atoms with Crippen LogP contribution >= 0.6 is 15.9 Å². The summed E-state index contributed by atoms with van der Waals surface area (Å²) in [5.41, 5.74) is 0.772. The molecule has 1 unspecified atom stereocenters. The Balaban J connectivity index is 3.16. The summed E-state index contributed by atoms with van der Waals surface area (Å²) < 4.78 is 0. The van der Waals surface area contributed by atoms with Crippen LogP contribution < -0.4 is 0 Å². The number of aliphatic hydroxyl groups is 2. The molecule has 1 aromatic carbocycles. The fraction of sp³-hybridized carbons (Fsp3) is 0.333. The third-order valence-corrected chi connectivity index (χ3v) is 2.79. The number of carboxylic acids is 1. The molecule has 0 aromatic heterocycles. The number of aliphatic carboxylic acids is 1. The van der Waals surface area contributed by atoms with Crippen molar-refractivity contribution in [3.05, 3.63) is 34.9 Å². The van der Waals surface area contributed by atoms with Crippen molar-refractivity contribution in [3.63, 3.8) is 0 Å². The van der Waals surface area contributed by atoms with Gasteiger partial charge in [0.15, 0.2) is 11.9 Å². The Bertz CT molecular complexity index is 458. The van der Waals surface area contributed by atoms with E-state index in [1.807, 2.05) is 0 Å². The zero-order valence-electron chi connectivity index (χ0n) is 9.47. The molecule has 0 saturated heterocycles. The van der Waals surface area contributed by atoms with E-state index >= 15 is 0 Å². The van der Waals surface area contributed by atoms with Gasteiger partial charge < -0.3 is 15.3 Å². The number of benzene rings is 1. The average molecular weight is 317 g/mol. The molecule has 0 saturated carbocycles. The molecule has 1 rings (SSSR count). The molecule has 1 atom stereocenters. The molecule has 0 aliphatic heterocycles. The number of carbonyl (C=O) groups is 2. The van der Waals surface area contributed by atoms with Crippen LogP contribution in [0.3, 0.4) is 0 Å². The van der Waals surface area contributed by atoms with Crippen LogP contribution in [0.5, 0.6) is 0 Å². The monoisotopic (exact) mass is 316 g/mol. The first-order valence-electron chi connectivity index (χ1n) is 5.24. The molecule has 5 nitrogen and oxygen atoms in total. The van der Waals surface area contributed by atoms with Crippen LogP contribution in [-0.4, -0.2) is 32.4 Å². The molecule has 0 bridgehead atoms. The summed E-state index contributed by atoms with van der Waals surface area (Å²) in [6, 6.07) is 4.19. The van der Waals surface area contributed by atoms with E-state index in [1.54, 1.807) is 0 Å². The van der Waals surface area contributed by atoms with Gasteiger partial charge in [-0.2, -0.15) is 0 Å². The zero-order chi connectivity index (χ0) is 13.7. The molecule has 18 heavy (non-hydrogen) atoms. The number of Topliss-reactive ketones (excluding diaryl/α,β-unsaturated/α-hetero) is 1. The second-order valence-electron chi connectivity index (χ2n) is 3.72. The van der Waals surface area contributed by atoms with E-state index in [2.05, 4.69) is 15.9 Å². The summed E-state index contributed by atoms with van der Waals surface area (Å²) in [7, 11) is 0. The van der Waals surface area contributed by atoms with Crippen molar-refractivity contribution in [2.45, 2.75) is 19.1 Å². The van der Waals surface area contributed by atoms with Gasteiger partial charge in [-0.1, -0.05) is 22.0 Å². The molecule has 3 N–H and O–H groups in total. The Kier molecular flexibility index (Phi) is 5.46. The average Bonchev–Trinajstić information content (AvgIpc) is 2.37. The van der Waals surface area contributed by atoms with E-state index in [9.17, 15) is 14.7 Å². The molecule has 1 aromatic rings. The Morgan fingerprint density at radius 3 is 2.44 bits per heavy atom. The van der Waals surface area contributed by atoms with Gasteiger partial charge in [-0.15, -0.1) is 0 Å². The number of carbonyl (C=O) groups excluding carboxylic acids is 1. The Labute approximate surface area is 112 Å². The lowest BCUT2D eigenvalue weighted by Crippen LogP contribution is -2.12. The van der Waals surface area contributed by atoms with Gasteiger partial charge in [-0.25, -0.2) is 4.79 Å². The number of halogens is 1. The van der Waals surface area contributed by atoms with Crippen molar-refractivity contribution in [2.75, 3.05) is 5.33 Å². The second-order valence-corrected chi connectivity index (χ2v) is 4.52. The molecule has 0 heterocycles. The summed E-state index contributed by atoms with van der Waals surface area (Å²) in [6.07, 6.45) is -1.44. The first-order valence-corrected chi connectivity index (χ1v) is 6.36. The Hall–Kier alpha value is -1.24. The molecule has 0 spiro atoms. The molecule has 0 aliphatic carbocycles. The molecular weight excluding hydrogens is 304 g/mol. The molecule has 0 fully saturated rings. The maximum absolute atomic E-state index is 11.7. The van der Waals surface area contributed by atoms with Gasteiger partial charge in [0.1, 0.15) is 0 Å². The highest BCUT2D eigenvalue weighted by Crippen LogP contribution is 2.19. The van der Waals surface area contributed by atoms with Crippen molar-refractivity contribution in [1.29, 1.82) is 0 Å². The van der Waals surface area contributed by atoms with Crippen molar-refractivity contribution >= 4 is 27.7 Å². The fourth-order valence-electron chi connectivity index (χ4n) is 1.50. The smallest absolute Gasteiger partial charge is 0.337 e. The minimum atomic E-state index is -1.70. The number of hydrogen-bond donors (Lipinski definition) is 3. The third-order valence-electron chi connectivity index (χ3n) is 2.39. The van der Waals surface area contributed by atoms with Crippen LogP contribution in [0.1, 0.15) is 34.0 Å². The number of alkyl halides is 1. The van der Waals surface area contributed by atoms with Crippen molar-refractivity contribution < 1.29 is 24.9 Å². The van der Waals surface area contributed by atoms with Gasteiger partial charge in [-0.05, 0) is 23.3 Å². The van der Waals surface area contributed by atoms with Gasteiger partial charge in [0.25, 0.3) is 0 Å². The standard InChI is InChI=1S/C12H13BrO5/c13-2-1-10(15)8-3-7(6-14)4-9(5-8)11(16)12(17)18/h3-5,11,14,16H,1-2,6H2,(H,17,18). The molecule has 0 amide bonds. The normalized spacial score (nSPS) is 12.2. The minimum absolute atomic E-state index is 0.0898. The summed E-state index contributed by atoms with van der Waals surface area (Å²) in [5.74, 6) is -1.58. The fourth-order valence-corrected chi connectivity index (χ4v) is 1.86. The van der Waals surface area contributed by atoms with Crippen LogP contribution in [0.25, 0.3) is 0 Å². The van der Waals surface area contributed by atoms with Gasteiger partial charge >= 0.3 is 5.97 Å². The van der Waals surface area contributed by atoms with E-state index in [0.29, 0.717) is 10.9 Å². The highest BCUT2D eigenvalue weighted by molar-refractivity contribution is 9.09. The van der Waals surface area contributed by atoms with E-state index in [0.717, 1.165) is 0 Å². The van der Waals surface area contributed by atoms with E-state index < -0.39 is 12.1 Å². The predicted octanol–water partition coefficient (Wildman–Crippen LogP) is 1.26. The van der Waals surface area contributed by atoms with Crippen molar-refractivity contribution in [2.24, 2.45) is 0 Å². The van der Waals surface area contributed by atoms with Gasteiger partial charge in [0, 0.05) is 17.3 Å². The first-order chi connectivity index (χ1) is 8.49. The lowest BCUT2D eigenvalue weighted by Gasteiger charge is -2.10. The number of ketones is 1. The molecule has 6 heteroatoms. The van der Waals surface area contributed by atoms with Crippen LogP contribution in [0.15, 0.2) is 18.2 Å². The predicted molar refractivity (Wildman–Crippen MR) is 67.7 cm³/mol.